The molecular weight excluding hydrogens is 286 g/mol. The standard InChI is InChI=1S/C19H19N3O/c1-15-7-9-17(10-8-15)13-22-19(18(14-23)20-21-22)12-11-16-5-3-2-4-6-16/h2-12,23H,13-14H2,1H3/b12-11+. The predicted molar refractivity (Wildman–Crippen MR) is 91.6 cm³/mol. The van der Waals surface area contributed by atoms with Gasteiger partial charge in [-0.05, 0) is 24.1 Å². The van der Waals surface area contributed by atoms with Gasteiger partial charge in [0.25, 0.3) is 0 Å². The fourth-order valence-corrected chi connectivity index (χ4v) is 2.37. The van der Waals surface area contributed by atoms with Crippen LogP contribution in [0, 0.1) is 6.92 Å². The third kappa shape index (κ3) is 3.73. The van der Waals surface area contributed by atoms with E-state index in [4.69, 9.17) is 0 Å². The number of aliphatic hydroxyl groups is 1. The van der Waals surface area contributed by atoms with Gasteiger partial charge in [0.05, 0.1) is 18.8 Å². The Bertz CT molecular complexity index is 789. The summed E-state index contributed by atoms with van der Waals surface area (Å²) >= 11 is 0. The molecule has 0 radical (unpaired) electrons. The Labute approximate surface area is 135 Å². The van der Waals surface area contributed by atoms with Crippen LogP contribution in [0.15, 0.2) is 54.6 Å². The molecule has 1 aromatic heterocycles. The lowest BCUT2D eigenvalue weighted by atomic mass is 10.1. The molecule has 0 fully saturated rings. The number of rotatable bonds is 5. The van der Waals surface area contributed by atoms with Crippen molar-refractivity contribution in [3.63, 3.8) is 0 Å². The highest BCUT2D eigenvalue weighted by Crippen LogP contribution is 2.14. The zero-order valence-corrected chi connectivity index (χ0v) is 13.1. The quantitative estimate of drug-likeness (QED) is 0.787. The van der Waals surface area contributed by atoms with E-state index in [0.717, 1.165) is 16.8 Å². The molecule has 0 bridgehead atoms. The molecule has 3 aromatic rings. The summed E-state index contributed by atoms with van der Waals surface area (Å²) in [6.07, 6.45) is 3.96. The van der Waals surface area contributed by atoms with Gasteiger partial charge in [-0.25, -0.2) is 4.68 Å². The molecule has 0 amide bonds. The summed E-state index contributed by atoms with van der Waals surface area (Å²) in [5.41, 5.74) is 4.90. The Morgan fingerprint density at radius 3 is 2.43 bits per heavy atom. The Morgan fingerprint density at radius 1 is 1.00 bits per heavy atom. The van der Waals surface area contributed by atoms with Crippen LogP contribution in [0.5, 0.6) is 0 Å². The average Bonchev–Trinajstić information content (AvgIpc) is 2.98. The lowest BCUT2D eigenvalue weighted by Gasteiger charge is -2.05. The second-order valence-electron chi connectivity index (χ2n) is 5.47. The highest BCUT2D eigenvalue weighted by Gasteiger charge is 2.09. The van der Waals surface area contributed by atoms with Gasteiger partial charge in [0.1, 0.15) is 5.69 Å². The molecule has 0 atom stereocenters. The Balaban J connectivity index is 1.88. The summed E-state index contributed by atoms with van der Waals surface area (Å²) in [7, 11) is 0. The van der Waals surface area contributed by atoms with Gasteiger partial charge in [0, 0.05) is 0 Å². The highest BCUT2D eigenvalue weighted by atomic mass is 16.3. The Kier molecular flexibility index (Phi) is 4.64. The normalized spacial score (nSPS) is 11.2. The number of aryl methyl sites for hydroxylation is 1. The van der Waals surface area contributed by atoms with Gasteiger partial charge in [0.15, 0.2) is 0 Å². The largest absolute Gasteiger partial charge is 0.390 e. The van der Waals surface area contributed by atoms with Crippen molar-refractivity contribution in [1.29, 1.82) is 0 Å². The molecule has 4 nitrogen and oxygen atoms in total. The lowest BCUT2D eigenvalue weighted by molar-refractivity contribution is 0.276. The van der Waals surface area contributed by atoms with Gasteiger partial charge in [-0.2, -0.15) is 0 Å². The van der Waals surface area contributed by atoms with Gasteiger partial charge in [-0.3, -0.25) is 0 Å². The van der Waals surface area contributed by atoms with E-state index < -0.39 is 0 Å². The maximum absolute atomic E-state index is 9.48. The van der Waals surface area contributed by atoms with E-state index in [1.54, 1.807) is 0 Å². The van der Waals surface area contributed by atoms with Crippen molar-refractivity contribution in [2.75, 3.05) is 0 Å². The molecule has 4 heteroatoms. The van der Waals surface area contributed by atoms with Crippen molar-refractivity contribution in [1.82, 2.24) is 15.0 Å². The fraction of sp³-hybridized carbons (Fsp3) is 0.158. The fourth-order valence-electron chi connectivity index (χ4n) is 2.37. The predicted octanol–water partition coefficient (Wildman–Crippen LogP) is 3.30. The SMILES string of the molecule is Cc1ccc(Cn2nnc(CO)c2/C=C/c2ccccc2)cc1. The smallest absolute Gasteiger partial charge is 0.115 e. The first-order chi connectivity index (χ1) is 11.3. The number of nitrogens with zero attached hydrogens (tertiary/aromatic N) is 3. The van der Waals surface area contributed by atoms with Gasteiger partial charge < -0.3 is 5.11 Å². The van der Waals surface area contributed by atoms with Crippen LogP contribution in [-0.2, 0) is 13.2 Å². The Hall–Kier alpha value is -2.72. The molecule has 0 aliphatic carbocycles. The van der Waals surface area contributed by atoms with E-state index in [9.17, 15) is 5.11 Å². The molecule has 0 saturated heterocycles. The number of aromatic nitrogens is 3. The number of hydrogen-bond donors (Lipinski definition) is 1. The van der Waals surface area contributed by atoms with Crippen LogP contribution in [-0.4, -0.2) is 20.1 Å². The molecular formula is C19H19N3O. The van der Waals surface area contributed by atoms with E-state index in [2.05, 4.69) is 41.5 Å². The van der Waals surface area contributed by atoms with E-state index in [0.29, 0.717) is 12.2 Å². The molecule has 2 aromatic carbocycles. The van der Waals surface area contributed by atoms with Gasteiger partial charge >= 0.3 is 0 Å². The summed E-state index contributed by atoms with van der Waals surface area (Å²) in [5, 5.41) is 17.7. The first kappa shape index (κ1) is 15.2. The van der Waals surface area contributed by atoms with Crippen LogP contribution >= 0.6 is 0 Å². The van der Waals surface area contributed by atoms with E-state index in [1.807, 2.05) is 47.2 Å². The lowest BCUT2D eigenvalue weighted by Crippen LogP contribution is -2.04. The number of aliphatic hydroxyl groups excluding tert-OH is 1. The third-order valence-corrected chi connectivity index (χ3v) is 3.68. The number of benzene rings is 2. The zero-order valence-electron chi connectivity index (χ0n) is 13.1. The van der Waals surface area contributed by atoms with E-state index in [-0.39, 0.29) is 6.61 Å². The first-order valence-electron chi connectivity index (χ1n) is 7.58. The molecule has 0 saturated carbocycles. The van der Waals surface area contributed by atoms with E-state index >= 15 is 0 Å². The highest BCUT2D eigenvalue weighted by molar-refractivity contribution is 5.68. The summed E-state index contributed by atoms with van der Waals surface area (Å²) < 4.78 is 1.82. The average molecular weight is 305 g/mol. The summed E-state index contributed by atoms with van der Waals surface area (Å²) in [6, 6.07) is 18.4. The first-order valence-corrected chi connectivity index (χ1v) is 7.58. The van der Waals surface area contributed by atoms with Crippen molar-refractivity contribution >= 4 is 12.2 Å². The van der Waals surface area contributed by atoms with Crippen LogP contribution in [0.1, 0.15) is 28.1 Å². The van der Waals surface area contributed by atoms with Crippen LogP contribution in [0.2, 0.25) is 0 Å². The molecule has 1 N–H and O–H groups in total. The maximum atomic E-state index is 9.48. The van der Waals surface area contributed by atoms with Crippen molar-refractivity contribution in [2.45, 2.75) is 20.1 Å². The monoisotopic (exact) mass is 305 g/mol. The third-order valence-electron chi connectivity index (χ3n) is 3.68. The molecule has 0 unspecified atom stereocenters. The van der Waals surface area contributed by atoms with Gasteiger partial charge in [-0.15, -0.1) is 5.10 Å². The van der Waals surface area contributed by atoms with E-state index in [1.165, 1.54) is 5.56 Å². The molecule has 23 heavy (non-hydrogen) atoms. The van der Waals surface area contributed by atoms with Crippen molar-refractivity contribution < 1.29 is 5.11 Å². The summed E-state index contributed by atoms with van der Waals surface area (Å²) in [4.78, 5) is 0. The molecule has 0 spiro atoms. The molecule has 1 heterocycles. The second-order valence-corrected chi connectivity index (χ2v) is 5.47. The minimum Gasteiger partial charge on any atom is -0.390 e. The minimum atomic E-state index is -0.123. The van der Waals surface area contributed by atoms with Crippen LogP contribution in [0.4, 0.5) is 0 Å². The van der Waals surface area contributed by atoms with Crippen molar-refractivity contribution in [3.05, 3.63) is 82.7 Å². The van der Waals surface area contributed by atoms with Crippen LogP contribution in [0.25, 0.3) is 12.2 Å². The van der Waals surface area contributed by atoms with Crippen LogP contribution < -0.4 is 0 Å². The topological polar surface area (TPSA) is 50.9 Å². The zero-order chi connectivity index (χ0) is 16.1. The molecule has 116 valence electrons. The summed E-state index contributed by atoms with van der Waals surface area (Å²) in [6.45, 7) is 2.57. The van der Waals surface area contributed by atoms with Crippen molar-refractivity contribution in [3.8, 4) is 0 Å². The van der Waals surface area contributed by atoms with Gasteiger partial charge in [-0.1, -0.05) is 71.5 Å². The Morgan fingerprint density at radius 2 is 1.74 bits per heavy atom. The molecule has 3 rings (SSSR count). The van der Waals surface area contributed by atoms with Crippen LogP contribution in [0.3, 0.4) is 0 Å². The minimum absolute atomic E-state index is 0.123. The molecule has 0 aliphatic heterocycles. The van der Waals surface area contributed by atoms with Gasteiger partial charge in [0.2, 0.25) is 0 Å². The second kappa shape index (κ2) is 7.03. The van der Waals surface area contributed by atoms with Crippen molar-refractivity contribution in [2.24, 2.45) is 0 Å². The summed E-state index contributed by atoms with van der Waals surface area (Å²) in [5.74, 6) is 0. The number of hydrogen-bond acceptors (Lipinski definition) is 3. The molecule has 0 aliphatic rings. The maximum Gasteiger partial charge on any atom is 0.115 e.